The number of ether oxygens (including phenoxy) is 9. The van der Waals surface area contributed by atoms with E-state index in [1.807, 2.05) is 55.4 Å². The Hall–Kier alpha value is -12.7. The topological polar surface area (TPSA) is 512 Å². The number of aromatic hydroxyl groups is 4. The summed E-state index contributed by atoms with van der Waals surface area (Å²) in [5.41, 5.74) is 0.433. The first-order chi connectivity index (χ1) is 60.4. The second kappa shape index (κ2) is 55.8. The Labute approximate surface area is 772 Å². The van der Waals surface area contributed by atoms with Gasteiger partial charge in [0.25, 0.3) is 10.5 Å². The molecule has 41 heteroatoms. The second-order valence-corrected chi connectivity index (χ2v) is 42.2. The summed E-state index contributed by atoms with van der Waals surface area (Å²) in [4.78, 5) is 205. The number of carboxylic acid groups (broad SMARTS) is 2. The summed E-state index contributed by atoms with van der Waals surface area (Å²) < 4.78 is 39.6. The fraction of sp³-hybridized carbons (Fsp3) is 0.250. The molecule has 0 bridgehead atoms. The Balaban J connectivity index is 0.000000794. The van der Waals surface area contributed by atoms with Crippen molar-refractivity contribution < 1.29 is 160 Å². The molecule has 3 aliphatic rings. The number of carbonyl (C=O) groups excluding carboxylic acids is 16. The minimum Gasteiger partial charge on any atom is -0.508 e. The van der Waals surface area contributed by atoms with E-state index in [0.29, 0.717) is 18.4 Å². The van der Waals surface area contributed by atoms with Crippen LogP contribution in [0.3, 0.4) is 0 Å². The van der Waals surface area contributed by atoms with Crippen LogP contribution in [-0.2, 0) is 33.4 Å². The molecule has 129 heavy (non-hydrogen) atoms. The minimum absolute atomic E-state index is 0.00801. The molecule has 0 saturated heterocycles. The molecule has 0 radical (unpaired) electrons. The number of hydrogen-bond acceptors (Lipinski definition) is 31. The van der Waals surface area contributed by atoms with Crippen LogP contribution < -0.4 is 28.4 Å². The van der Waals surface area contributed by atoms with Crippen LogP contribution in [0.2, 0.25) is 0 Å². The number of halogens is 7. The van der Waals surface area contributed by atoms with Gasteiger partial charge in [-0.1, -0.05) is 94.9 Å². The Morgan fingerprint density at radius 2 is 0.519 bits per heavy atom. The van der Waals surface area contributed by atoms with Gasteiger partial charge in [-0.25, -0.2) is 47.9 Å². The summed E-state index contributed by atoms with van der Waals surface area (Å²) in [7, 11) is 0. The van der Waals surface area contributed by atoms with Crippen LogP contribution >= 0.6 is 82.8 Å². The summed E-state index contributed by atoms with van der Waals surface area (Å²) in [5.74, 6) is -12.5. The van der Waals surface area contributed by atoms with E-state index in [-0.39, 0.29) is 148 Å². The molecule has 0 aliphatic carbocycles. The van der Waals surface area contributed by atoms with Gasteiger partial charge < -0.3 is 73.3 Å². The SMILES string of the molecule is CC.CC.CC.CC(=O)Oc1cc(OC(C)=O)cc(C(=O)Cl)c1.CC(=O)Oc1cc(OC(C)=O)cc(C(=O)O)c1.CCCC.CCCCC(=O)c1cc(O)cc(O)c1.CCCCC(=O)c1cc(OC(=O)c2ccc3c(c2)C(=O)OC3=O)cc(OC(=O)c2ccc3c(c2)C(=O)OC3=O)c1.ClP(Cl)(Cl)(Cl)Cl.O=C(Cl)c1ccc2c(c1)C(=O)OC2=O.O=C(O)c1cc(O)cc(O)c1. The molecule has 8 aromatic rings. The molecule has 0 aromatic heterocycles. The van der Waals surface area contributed by atoms with Crippen molar-refractivity contribution in [2.75, 3.05) is 0 Å². The van der Waals surface area contributed by atoms with Crippen LogP contribution in [0.4, 0.5) is 0 Å². The molecule has 3 heterocycles. The van der Waals surface area contributed by atoms with Crippen molar-refractivity contribution in [2.24, 2.45) is 0 Å². The zero-order chi connectivity index (χ0) is 98.7. The van der Waals surface area contributed by atoms with E-state index < -0.39 is 97.4 Å². The first-order valence-corrected chi connectivity index (χ1v) is 45.8. The van der Waals surface area contributed by atoms with Gasteiger partial charge in [-0.15, -0.1) is 0 Å². The van der Waals surface area contributed by atoms with Crippen LogP contribution in [0.1, 0.15) is 293 Å². The molecule has 0 fully saturated rings. The van der Waals surface area contributed by atoms with E-state index >= 15 is 0 Å². The molecule has 692 valence electrons. The molecule has 11 rings (SSSR count). The monoisotopic (exact) mass is 1950 g/mol. The third-order valence-electron chi connectivity index (χ3n) is 14.9. The van der Waals surface area contributed by atoms with Crippen molar-refractivity contribution in [3.63, 3.8) is 0 Å². The summed E-state index contributed by atoms with van der Waals surface area (Å²) in [6.07, 6.45) is 6.44. The molecule has 0 atom stereocenters. The predicted octanol–water partition coefficient (Wildman–Crippen LogP) is 21.1. The summed E-state index contributed by atoms with van der Waals surface area (Å²) in [6, 6.07) is 29.8. The van der Waals surface area contributed by atoms with Gasteiger partial charge in [0, 0.05) is 93.1 Å². The molecule has 0 spiro atoms. The van der Waals surface area contributed by atoms with Crippen molar-refractivity contribution in [3.05, 3.63) is 223 Å². The predicted molar refractivity (Wildman–Crippen MR) is 475 cm³/mol. The van der Waals surface area contributed by atoms with Crippen molar-refractivity contribution in [3.8, 4) is 57.5 Å². The Morgan fingerprint density at radius 1 is 0.295 bits per heavy atom. The second-order valence-electron chi connectivity index (χ2n) is 24.9. The molecule has 0 saturated carbocycles. The van der Waals surface area contributed by atoms with Gasteiger partial charge in [-0.2, -0.15) is 0 Å². The van der Waals surface area contributed by atoms with Crippen LogP contribution in [0.15, 0.2) is 146 Å². The van der Waals surface area contributed by atoms with Gasteiger partial charge in [-0.05, 0) is 151 Å². The van der Waals surface area contributed by atoms with Crippen molar-refractivity contribution in [1.29, 1.82) is 0 Å². The summed E-state index contributed by atoms with van der Waals surface area (Å²) >= 11 is 35.4. The van der Waals surface area contributed by atoms with Gasteiger partial charge in [0.2, 0.25) is 0 Å². The van der Waals surface area contributed by atoms with E-state index in [0.717, 1.165) is 61.7 Å². The minimum atomic E-state index is -3.69. The fourth-order valence-corrected chi connectivity index (χ4v) is 9.76. The number of benzene rings is 8. The number of Topliss-reactive ketones (excluding diaryl/α,β-unsaturated/α-hetero) is 2. The third kappa shape index (κ3) is 42.2. The number of unbranched alkanes of at least 4 members (excludes halogenated alkanes) is 3. The standard InChI is InChI=1S/C29H18O11.C11H9ClO5.C11H10O6.C11H14O3.C9H3ClO4.C7H6O4.C4H10.3C2H6.Cl5P/c1-2-3-4-23(30)16-9-17(37-24(31)14-5-7-19-21(11-14)28(35)39-26(19)33)13-18(10-16)38-25(32)15-6-8-20-22(12-15)29(36)40-27(20)34;1-6(13)16-9-3-8(11(12)15)4-10(5-9)17-7(2)14;1-6(12)16-9-3-8(11(14)15)4-10(5-9)17-7(2)13;1-2-3-4-11(14)8-5-9(12)7-10(13)6-8;10-7(11)4-1-2-5-6(3-4)9(13)14-8(5)12;8-5-1-4(7(10)11)2-6(9)3-5;1-3-4-2;3*1-2;1-6(2,3,4)5/h5-13H,2-4H2,1H3;3-5H,1-2H3;3-5H,1-2H3,(H,14,15);5-7,12-13H,2-4H2,1H3;1-3H;1-3,8-9H,(H,10,11);3-4H2,1-2H3;3*1-2H3;. The Morgan fingerprint density at radius 3 is 0.775 bits per heavy atom. The Bertz CT molecular complexity index is 5170. The third-order valence-corrected chi connectivity index (χ3v) is 15.4. The van der Waals surface area contributed by atoms with E-state index in [1.165, 1.54) is 144 Å². The molecule has 0 unspecified atom stereocenters. The number of carboxylic acids is 2. The van der Waals surface area contributed by atoms with Gasteiger partial charge in [0.05, 0.1) is 55.6 Å². The van der Waals surface area contributed by atoms with Crippen molar-refractivity contribution in [1.82, 2.24) is 0 Å². The van der Waals surface area contributed by atoms with Gasteiger partial charge in [-0.3, -0.25) is 38.4 Å². The van der Waals surface area contributed by atoms with Crippen molar-refractivity contribution in [2.45, 2.75) is 148 Å². The number of hydrogen-bond donors (Lipinski definition) is 6. The van der Waals surface area contributed by atoms with Crippen LogP contribution in [0, 0.1) is 0 Å². The first kappa shape index (κ1) is 114. The number of esters is 12. The van der Waals surface area contributed by atoms with Gasteiger partial charge >= 0.3 is 143 Å². The molecule has 8 aromatic carbocycles. The van der Waals surface area contributed by atoms with E-state index in [2.05, 4.69) is 28.1 Å². The first-order valence-electron chi connectivity index (χ1n) is 38.3. The number of ketones is 2. The molecular formula is C88H88Cl7O33P. The summed E-state index contributed by atoms with van der Waals surface area (Å²) in [5, 5.41) is 51.8. The largest absolute Gasteiger partial charge is 0.508 e. The van der Waals surface area contributed by atoms with Crippen LogP contribution in [0.25, 0.3) is 0 Å². The number of phenolic OH excluding ortho intramolecular Hbond substituents is 4. The number of phenols is 4. The van der Waals surface area contributed by atoms with Gasteiger partial charge in [0.15, 0.2) is 11.6 Å². The number of rotatable bonds is 21. The normalized spacial score (nSPS) is 11.3. The summed E-state index contributed by atoms with van der Waals surface area (Å²) in [6.45, 7) is 25.1. The smallest absolute Gasteiger partial charge is 0.346 e. The van der Waals surface area contributed by atoms with Crippen molar-refractivity contribution >= 4 is 188 Å². The average Bonchev–Trinajstić information content (AvgIpc) is 1.65. The number of fused-ring (bicyclic) bond motifs is 3. The van der Waals surface area contributed by atoms with E-state index in [9.17, 15) is 86.3 Å². The van der Waals surface area contributed by atoms with E-state index in [4.69, 9.17) is 138 Å². The molecule has 6 N–H and O–H groups in total. The van der Waals surface area contributed by atoms with Gasteiger partial charge in [0.1, 0.15) is 57.5 Å². The number of aromatic carboxylic acids is 2. The molecule has 3 aliphatic heterocycles. The number of carbonyl (C=O) groups is 18. The van der Waals surface area contributed by atoms with Crippen LogP contribution in [0.5, 0.6) is 57.5 Å². The molecule has 33 nitrogen and oxygen atoms in total. The maximum atomic E-state index is 12.9. The maximum Gasteiger partial charge on any atom is 0.346 e. The zero-order valence-corrected chi connectivity index (χ0v) is 77.5. The number of cyclic esters (lactones) is 6. The van der Waals surface area contributed by atoms with Crippen LogP contribution in [-0.4, -0.2) is 136 Å². The quantitative estimate of drug-likeness (QED) is 0.00740. The molecular weight excluding hydrogens is 1860 g/mol. The van der Waals surface area contributed by atoms with E-state index in [1.54, 1.807) is 0 Å². The maximum absolute atomic E-state index is 12.9. The zero-order valence-electron chi connectivity index (χ0n) is 71.3. The Kier molecular flexibility index (Phi) is 49.4. The fourth-order valence-electron chi connectivity index (χ4n) is 9.53. The molecule has 0 amide bonds. The average molecular weight is 1950 g/mol.